The van der Waals surface area contributed by atoms with Crippen LogP contribution in [0.5, 0.6) is 0 Å². The van der Waals surface area contributed by atoms with Crippen molar-refractivity contribution < 1.29 is 14.0 Å². The van der Waals surface area contributed by atoms with Crippen molar-refractivity contribution in [3.63, 3.8) is 0 Å². The number of nitrogens with zero attached hydrogens (tertiary/aromatic N) is 2. The minimum atomic E-state index is -0.743. The van der Waals surface area contributed by atoms with Crippen molar-refractivity contribution in [3.8, 4) is 0 Å². The number of amides is 2. The number of thioether (sulfide) groups is 1. The Morgan fingerprint density at radius 2 is 2.08 bits per heavy atom. The van der Waals surface area contributed by atoms with Crippen molar-refractivity contribution in [1.82, 2.24) is 15.4 Å². The number of pyridine rings is 1. The minimum absolute atomic E-state index is 0.164. The van der Waals surface area contributed by atoms with Crippen molar-refractivity contribution in [1.29, 1.82) is 0 Å². The SMILES string of the molecule is O=C(NN1C(=O)C(=Cc2cccnc2)SC1=S)c1ccccc1F. The highest BCUT2D eigenvalue weighted by atomic mass is 32.2. The van der Waals surface area contributed by atoms with Crippen LogP contribution in [-0.2, 0) is 4.79 Å². The molecule has 24 heavy (non-hydrogen) atoms. The molecule has 1 fully saturated rings. The molecule has 1 saturated heterocycles. The highest BCUT2D eigenvalue weighted by molar-refractivity contribution is 8.26. The lowest BCUT2D eigenvalue weighted by atomic mass is 10.2. The average molecular weight is 359 g/mol. The molecule has 0 atom stereocenters. The van der Waals surface area contributed by atoms with Crippen LogP contribution in [0.2, 0.25) is 0 Å². The van der Waals surface area contributed by atoms with E-state index in [0.717, 1.165) is 22.3 Å². The molecule has 1 aromatic heterocycles. The van der Waals surface area contributed by atoms with Gasteiger partial charge in [0, 0.05) is 12.4 Å². The third-order valence-electron chi connectivity index (χ3n) is 3.11. The molecule has 0 aliphatic carbocycles. The van der Waals surface area contributed by atoms with Crippen molar-refractivity contribution >= 4 is 46.2 Å². The minimum Gasteiger partial charge on any atom is -0.267 e. The molecule has 2 aromatic rings. The zero-order chi connectivity index (χ0) is 17.1. The molecular weight excluding hydrogens is 349 g/mol. The van der Waals surface area contributed by atoms with Crippen molar-refractivity contribution in [2.75, 3.05) is 0 Å². The van der Waals surface area contributed by atoms with Crippen LogP contribution in [0, 0.1) is 5.82 Å². The van der Waals surface area contributed by atoms with E-state index in [1.54, 1.807) is 30.6 Å². The molecule has 8 heteroatoms. The first kappa shape index (κ1) is 16.3. The van der Waals surface area contributed by atoms with Crippen LogP contribution in [-0.4, -0.2) is 26.1 Å². The van der Waals surface area contributed by atoms with Crippen LogP contribution < -0.4 is 5.43 Å². The normalized spacial score (nSPS) is 15.9. The summed E-state index contributed by atoms with van der Waals surface area (Å²) in [7, 11) is 0. The molecule has 1 aliphatic rings. The number of rotatable bonds is 3. The first-order chi connectivity index (χ1) is 11.6. The number of benzene rings is 1. The van der Waals surface area contributed by atoms with Gasteiger partial charge in [0.05, 0.1) is 10.5 Å². The van der Waals surface area contributed by atoms with Gasteiger partial charge in [-0.15, -0.1) is 0 Å². The summed E-state index contributed by atoms with van der Waals surface area (Å²) in [6.07, 6.45) is 4.85. The predicted molar refractivity (Wildman–Crippen MR) is 93.1 cm³/mol. The van der Waals surface area contributed by atoms with Crippen molar-refractivity contribution in [3.05, 3.63) is 70.6 Å². The maximum Gasteiger partial charge on any atom is 0.285 e. The lowest BCUT2D eigenvalue weighted by Gasteiger charge is -2.15. The molecule has 0 radical (unpaired) electrons. The molecule has 1 aromatic carbocycles. The Bertz CT molecular complexity index is 855. The van der Waals surface area contributed by atoms with Gasteiger partial charge in [0.25, 0.3) is 11.8 Å². The first-order valence-corrected chi connectivity index (χ1v) is 8.02. The number of thiocarbonyl (C=S) groups is 1. The first-order valence-electron chi connectivity index (χ1n) is 6.80. The average Bonchev–Trinajstić information content (AvgIpc) is 2.83. The van der Waals surface area contributed by atoms with Gasteiger partial charge < -0.3 is 0 Å². The van der Waals surface area contributed by atoms with Gasteiger partial charge in [-0.05, 0) is 42.1 Å². The molecule has 5 nitrogen and oxygen atoms in total. The molecular formula is C16H10FN3O2S2. The largest absolute Gasteiger partial charge is 0.285 e. The van der Waals surface area contributed by atoms with E-state index in [1.807, 2.05) is 0 Å². The van der Waals surface area contributed by atoms with E-state index in [1.165, 1.54) is 24.3 Å². The van der Waals surface area contributed by atoms with E-state index in [-0.39, 0.29) is 9.88 Å². The molecule has 0 unspecified atom stereocenters. The van der Waals surface area contributed by atoms with Gasteiger partial charge in [0.2, 0.25) is 0 Å². The van der Waals surface area contributed by atoms with E-state index in [2.05, 4.69) is 10.4 Å². The molecule has 2 heterocycles. The fraction of sp³-hybridized carbons (Fsp3) is 0. The smallest absolute Gasteiger partial charge is 0.267 e. The Hall–Kier alpha value is -2.58. The summed E-state index contributed by atoms with van der Waals surface area (Å²) in [6, 6.07) is 9.03. The summed E-state index contributed by atoms with van der Waals surface area (Å²) in [6.45, 7) is 0. The van der Waals surface area contributed by atoms with Crippen LogP contribution in [0.4, 0.5) is 4.39 Å². The quantitative estimate of drug-likeness (QED) is 0.674. The summed E-state index contributed by atoms with van der Waals surface area (Å²) >= 11 is 6.17. The topological polar surface area (TPSA) is 62.3 Å². The molecule has 0 saturated carbocycles. The van der Waals surface area contributed by atoms with Gasteiger partial charge >= 0.3 is 0 Å². The summed E-state index contributed by atoms with van der Waals surface area (Å²) < 4.78 is 13.8. The monoisotopic (exact) mass is 359 g/mol. The van der Waals surface area contributed by atoms with E-state index in [4.69, 9.17) is 12.2 Å². The van der Waals surface area contributed by atoms with Crippen LogP contribution in [0.1, 0.15) is 15.9 Å². The lowest BCUT2D eigenvalue weighted by molar-refractivity contribution is -0.123. The highest BCUT2D eigenvalue weighted by Crippen LogP contribution is 2.31. The zero-order valence-corrected chi connectivity index (χ0v) is 13.7. The van der Waals surface area contributed by atoms with E-state index in [0.29, 0.717) is 4.91 Å². The number of carbonyl (C=O) groups is 2. The number of hydrogen-bond acceptors (Lipinski definition) is 5. The molecule has 0 bridgehead atoms. The Morgan fingerprint density at radius 1 is 1.29 bits per heavy atom. The molecule has 1 aliphatic heterocycles. The third kappa shape index (κ3) is 3.34. The molecule has 3 rings (SSSR count). The third-order valence-corrected chi connectivity index (χ3v) is 4.41. The van der Waals surface area contributed by atoms with Crippen LogP contribution in [0.15, 0.2) is 53.7 Å². The Labute approximate surface area is 146 Å². The van der Waals surface area contributed by atoms with Gasteiger partial charge in [-0.2, -0.15) is 5.01 Å². The summed E-state index contributed by atoms with van der Waals surface area (Å²) in [5, 5.41) is 0.941. The Morgan fingerprint density at radius 3 is 2.79 bits per heavy atom. The van der Waals surface area contributed by atoms with Gasteiger partial charge in [0.1, 0.15) is 5.82 Å². The molecule has 2 amide bonds. The van der Waals surface area contributed by atoms with E-state index in [9.17, 15) is 14.0 Å². The molecule has 1 N–H and O–H groups in total. The van der Waals surface area contributed by atoms with E-state index < -0.39 is 17.6 Å². The fourth-order valence-corrected chi connectivity index (χ4v) is 3.16. The summed E-state index contributed by atoms with van der Waals surface area (Å²) in [5.41, 5.74) is 2.91. The second-order valence-electron chi connectivity index (χ2n) is 4.72. The number of nitrogens with one attached hydrogen (secondary N) is 1. The maximum absolute atomic E-state index is 13.7. The number of halogens is 1. The zero-order valence-electron chi connectivity index (χ0n) is 12.1. The van der Waals surface area contributed by atoms with E-state index >= 15 is 0 Å². The van der Waals surface area contributed by atoms with Crippen LogP contribution >= 0.6 is 24.0 Å². The maximum atomic E-state index is 13.7. The number of hydrogen-bond donors (Lipinski definition) is 1. The number of aromatic nitrogens is 1. The number of hydrazine groups is 1. The summed E-state index contributed by atoms with van der Waals surface area (Å²) in [5.74, 6) is -1.89. The van der Waals surface area contributed by atoms with Crippen LogP contribution in [0.3, 0.4) is 0 Å². The van der Waals surface area contributed by atoms with Gasteiger partial charge in [-0.1, -0.05) is 30.0 Å². The Kier molecular flexibility index (Phi) is 4.68. The fourth-order valence-electron chi connectivity index (χ4n) is 1.98. The number of carbonyl (C=O) groups excluding carboxylic acids is 2. The highest BCUT2D eigenvalue weighted by Gasteiger charge is 2.34. The van der Waals surface area contributed by atoms with Crippen molar-refractivity contribution in [2.24, 2.45) is 0 Å². The van der Waals surface area contributed by atoms with Gasteiger partial charge in [0.15, 0.2) is 4.32 Å². The summed E-state index contributed by atoms with van der Waals surface area (Å²) in [4.78, 5) is 28.8. The molecule has 120 valence electrons. The molecule has 0 spiro atoms. The predicted octanol–water partition coefficient (Wildman–Crippen LogP) is 2.77. The van der Waals surface area contributed by atoms with Crippen molar-refractivity contribution in [2.45, 2.75) is 0 Å². The standard InChI is InChI=1S/C16H10FN3O2S2/c17-12-6-2-1-5-11(12)14(21)19-20-15(22)13(24-16(20)23)8-10-4-3-7-18-9-10/h1-9H,(H,19,21). The second kappa shape index (κ2) is 6.90. The van der Waals surface area contributed by atoms with Gasteiger partial charge in [-0.3, -0.25) is 20.0 Å². The van der Waals surface area contributed by atoms with Crippen LogP contribution in [0.25, 0.3) is 6.08 Å². The van der Waals surface area contributed by atoms with Gasteiger partial charge in [-0.25, -0.2) is 4.39 Å². The second-order valence-corrected chi connectivity index (χ2v) is 6.40. The Balaban J connectivity index is 1.79. The lowest BCUT2D eigenvalue weighted by Crippen LogP contribution is -2.45.